The predicted octanol–water partition coefficient (Wildman–Crippen LogP) is 6.13. The molecule has 0 atom stereocenters. The average molecular weight is 412 g/mol. The Labute approximate surface area is 167 Å². The van der Waals surface area contributed by atoms with Gasteiger partial charge in [-0.3, -0.25) is 0 Å². The zero-order valence-corrected chi connectivity index (χ0v) is 15.1. The van der Waals surface area contributed by atoms with Crippen LogP contribution in [0.5, 0.6) is 11.5 Å². The van der Waals surface area contributed by atoms with E-state index < -0.39 is 17.6 Å². The number of anilines is 2. The van der Waals surface area contributed by atoms with Crippen molar-refractivity contribution in [3.8, 4) is 17.6 Å². The van der Waals surface area contributed by atoms with Crippen molar-refractivity contribution in [3.05, 3.63) is 77.9 Å². The Balaban J connectivity index is 1.64. The SMILES string of the molecule is N#Cc1cc(Oc2ccc(F)c(C(F)(F)F)c2)cc(Nc2ccc3cc[nH]c3c2)n1. The van der Waals surface area contributed by atoms with Crippen LogP contribution in [0.25, 0.3) is 10.9 Å². The summed E-state index contributed by atoms with van der Waals surface area (Å²) in [7, 11) is 0. The first kappa shape index (κ1) is 19.3. The van der Waals surface area contributed by atoms with E-state index in [1.807, 2.05) is 30.3 Å². The minimum atomic E-state index is -4.86. The lowest BCUT2D eigenvalue weighted by Gasteiger charge is -2.12. The van der Waals surface area contributed by atoms with E-state index in [0.717, 1.165) is 17.0 Å². The van der Waals surface area contributed by atoms with E-state index in [4.69, 9.17) is 4.74 Å². The molecular formula is C21H12F4N4O. The number of hydrogen-bond donors (Lipinski definition) is 2. The van der Waals surface area contributed by atoms with Gasteiger partial charge in [-0.2, -0.15) is 18.4 Å². The van der Waals surface area contributed by atoms with Crippen molar-refractivity contribution in [3.63, 3.8) is 0 Å². The number of rotatable bonds is 4. The maximum Gasteiger partial charge on any atom is 0.419 e. The molecule has 150 valence electrons. The lowest BCUT2D eigenvalue weighted by Crippen LogP contribution is -2.08. The first-order valence-electron chi connectivity index (χ1n) is 8.63. The summed E-state index contributed by atoms with van der Waals surface area (Å²) in [6, 6.07) is 14.3. The smallest absolute Gasteiger partial charge is 0.419 e. The second-order valence-corrected chi connectivity index (χ2v) is 6.33. The fraction of sp³-hybridized carbons (Fsp3) is 0.0476. The topological polar surface area (TPSA) is 73.7 Å². The number of H-pyrrole nitrogens is 1. The summed E-state index contributed by atoms with van der Waals surface area (Å²) in [5.41, 5.74) is 0.125. The molecule has 0 saturated carbocycles. The molecule has 30 heavy (non-hydrogen) atoms. The first-order chi connectivity index (χ1) is 14.3. The van der Waals surface area contributed by atoms with Crippen molar-refractivity contribution in [2.24, 2.45) is 0 Å². The molecule has 4 aromatic rings. The van der Waals surface area contributed by atoms with E-state index in [2.05, 4.69) is 15.3 Å². The van der Waals surface area contributed by atoms with Crippen LogP contribution in [-0.2, 0) is 6.18 Å². The van der Waals surface area contributed by atoms with E-state index in [1.54, 1.807) is 6.20 Å². The number of aromatic nitrogens is 2. The monoisotopic (exact) mass is 412 g/mol. The number of pyridine rings is 1. The predicted molar refractivity (Wildman–Crippen MR) is 102 cm³/mol. The second-order valence-electron chi connectivity index (χ2n) is 6.33. The third-order valence-corrected chi connectivity index (χ3v) is 4.22. The molecule has 0 aliphatic carbocycles. The minimum absolute atomic E-state index is 0.00546. The summed E-state index contributed by atoms with van der Waals surface area (Å²) in [6.07, 6.45) is -3.06. The molecule has 2 aromatic carbocycles. The highest BCUT2D eigenvalue weighted by molar-refractivity contribution is 5.83. The van der Waals surface area contributed by atoms with Crippen LogP contribution in [0.4, 0.5) is 29.1 Å². The molecule has 2 N–H and O–H groups in total. The van der Waals surface area contributed by atoms with Crippen molar-refractivity contribution >= 4 is 22.4 Å². The van der Waals surface area contributed by atoms with Gasteiger partial charge in [0.25, 0.3) is 0 Å². The normalized spacial score (nSPS) is 11.3. The summed E-state index contributed by atoms with van der Waals surface area (Å²) in [6.45, 7) is 0. The van der Waals surface area contributed by atoms with E-state index in [0.29, 0.717) is 17.8 Å². The van der Waals surface area contributed by atoms with Crippen LogP contribution in [0, 0.1) is 17.1 Å². The Morgan fingerprint density at radius 3 is 2.60 bits per heavy atom. The van der Waals surface area contributed by atoms with E-state index >= 15 is 0 Å². The highest BCUT2D eigenvalue weighted by Gasteiger charge is 2.34. The molecule has 0 aliphatic rings. The molecule has 0 radical (unpaired) electrons. The Morgan fingerprint density at radius 2 is 1.83 bits per heavy atom. The number of halogens is 4. The standard InChI is InChI=1S/C21H12F4N4O/c22-18-4-3-15(9-17(18)21(23,24)25)30-16-7-14(11-26)29-20(10-16)28-13-2-1-12-5-6-27-19(12)8-13/h1-10,27H,(H,28,29). The Hall–Kier alpha value is -4.06. The molecule has 0 aliphatic heterocycles. The van der Waals surface area contributed by atoms with Crippen LogP contribution >= 0.6 is 0 Å². The van der Waals surface area contributed by atoms with Crippen LogP contribution in [0.3, 0.4) is 0 Å². The number of nitrogens with zero attached hydrogens (tertiary/aromatic N) is 2. The van der Waals surface area contributed by atoms with E-state index in [9.17, 15) is 22.8 Å². The van der Waals surface area contributed by atoms with Gasteiger partial charge in [-0.05, 0) is 41.8 Å². The van der Waals surface area contributed by atoms with Gasteiger partial charge in [0.05, 0.1) is 5.56 Å². The first-order valence-corrected chi connectivity index (χ1v) is 8.63. The molecule has 0 fully saturated rings. The number of alkyl halides is 3. The highest BCUT2D eigenvalue weighted by atomic mass is 19.4. The number of aromatic amines is 1. The summed E-state index contributed by atoms with van der Waals surface area (Å²) < 4.78 is 57.7. The summed E-state index contributed by atoms with van der Waals surface area (Å²) in [5.74, 6) is -1.29. The van der Waals surface area contributed by atoms with Crippen molar-refractivity contribution in [2.75, 3.05) is 5.32 Å². The summed E-state index contributed by atoms with van der Waals surface area (Å²) in [4.78, 5) is 7.20. The van der Waals surface area contributed by atoms with Crippen LogP contribution in [-0.4, -0.2) is 9.97 Å². The van der Waals surface area contributed by atoms with Gasteiger partial charge >= 0.3 is 6.18 Å². The van der Waals surface area contributed by atoms with Gasteiger partial charge in [0.1, 0.15) is 34.9 Å². The van der Waals surface area contributed by atoms with Crippen LogP contribution in [0.15, 0.2) is 60.8 Å². The Morgan fingerprint density at radius 1 is 1.00 bits per heavy atom. The highest BCUT2D eigenvalue weighted by Crippen LogP contribution is 2.35. The van der Waals surface area contributed by atoms with Gasteiger partial charge in [0.2, 0.25) is 0 Å². The van der Waals surface area contributed by atoms with Gasteiger partial charge in [-0.15, -0.1) is 0 Å². The molecule has 2 heterocycles. The molecule has 4 rings (SSSR count). The zero-order chi connectivity index (χ0) is 21.3. The molecular weight excluding hydrogens is 400 g/mol. The van der Waals surface area contributed by atoms with Crippen LogP contribution in [0.1, 0.15) is 11.3 Å². The molecule has 0 spiro atoms. The van der Waals surface area contributed by atoms with Gasteiger partial charge in [0.15, 0.2) is 0 Å². The van der Waals surface area contributed by atoms with E-state index in [-0.39, 0.29) is 23.0 Å². The van der Waals surface area contributed by atoms with E-state index in [1.165, 1.54) is 12.1 Å². The second kappa shape index (κ2) is 7.40. The quantitative estimate of drug-likeness (QED) is 0.396. The molecule has 0 bridgehead atoms. The van der Waals surface area contributed by atoms with Crippen LogP contribution < -0.4 is 10.1 Å². The molecule has 9 heteroatoms. The third kappa shape index (κ3) is 4.03. The van der Waals surface area contributed by atoms with Gasteiger partial charge in [-0.25, -0.2) is 9.37 Å². The van der Waals surface area contributed by atoms with Crippen molar-refractivity contribution in [2.45, 2.75) is 6.18 Å². The van der Waals surface area contributed by atoms with Crippen molar-refractivity contribution in [1.82, 2.24) is 9.97 Å². The zero-order valence-electron chi connectivity index (χ0n) is 15.1. The fourth-order valence-corrected chi connectivity index (χ4v) is 2.88. The minimum Gasteiger partial charge on any atom is -0.457 e. The summed E-state index contributed by atoms with van der Waals surface area (Å²) >= 11 is 0. The lowest BCUT2D eigenvalue weighted by molar-refractivity contribution is -0.140. The summed E-state index contributed by atoms with van der Waals surface area (Å²) in [5, 5.41) is 13.3. The van der Waals surface area contributed by atoms with Crippen molar-refractivity contribution in [1.29, 1.82) is 5.26 Å². The number of fused-ring (bicyclic) bond motifs is 1. The Kier molecular flexibility index (Phi) is 4.75. The number of nitriles is 1. The van der Waals surface area contributed by atoms with Gasteiger partial charge in [-0.1, -0.05) is 6.07 Å². The van der Waals surface area contributed by atoms with Crippen LogP contribution in [0.2, 0.25) is 0 Å². The van der Waals surface area contributed by atoms with Gasteiger partial charge < -0.3 is 15.0 Å². The number of hydrogen-bond acceptors (Lipinski definition) is 4. The number of benzene rings is 2. The number of nitrogens with one attached hydrogen (secondary N) is 2. The Bertz CT molecular complexity index is 1270. The lowest BCUT2D eigenvalue weighted by atomic mass is 10.2. The number of ether oxygens (including phenoxy) is 1. The average Bonchev–Trinajstić information content (AvgIpc) is 3.16. The molecule has 0 unspecified atom stereocenters. The maximum absolute atomic E-state index is 13.5. The molecule has 0 amide bonds. The third-order valence-electron chi connectivity index (χ3n) is 4.22. The fourth-order valence-electron chi connectivity index (χ4n) is 2.88. The van der Waals surface area contributed by atoms with Crippen molar-refractivity contribution < 1.29 is 22.3 Å². The maximum atomic E-state index is 13.5. The van der Waals surface area contributed by atoms with Gasteiger partial charge in [0, 0.05) is 29.5 Å². The molecule has 0 saturated heterocycles. The molecule has 5 nitrogen and oxygen atoms in total. The largest absolute Gasteiger partial charge is 0.457 e. The molecule has 2 aromatic heterocycles.